The van der Waals surface area contributed by atoms with Crippen LogP contribution < -0.4 is 5.73 Å². The minimum atomic E-state index is -0.382. The second-order valence-electron chi connectivity index (χ2n) is 3.32. The topological polar surface area (TPSA) is 52.3 Å². The third-order valence-corrected chi connectivity index (χ3v) is 2.64. The molecule has 3 nitrogen and oxygen atoms in total. The summed E-state index contributed by atoms with van der Waals surface area (Å²) >= 11 is 6.01. The first-order chi connectivity index (χ1) is 7.18. The zero-order valence-electron chi connectivity index (χ0n) is 7.94. The number of hydrogen-bond acceptors (Lipinski definition) is 3. The molecule has 0 fully saturated rings. The van der Waals surface area contributed by atoms with Crippen LogP contribution in [0, 0.1) is 0 Å². The molecule has 2 N–H and O–H groups in total. The fourth-order valence-electron chi connectivity index (χ4n) is 1.54. The van der Waals surface area contributed by atoms with E-state index in [1.807, 2.05) is 18.2 Å². The van der Waals surface area contributed by atoms with Gasteiger partial charge in [-0.25, -0.2) is 0 Å². The standard InChI is InChI=1S/C11H10ClNO2/c12-9-4-2-1-3-7(9)8-5-11(13)15-6-10(8)14/h1-5,8H,6,13H2. The molecular formula is C11H10ClNO2. The summed E-state index contributed by atoms with van der Waals surface area (Å²) in [6.07, 6.45) is 1.59. The normalized spacial score (nSPS) is 20.7. The Morgan fingerprint density at radius 2 is 2.13 bits per heavy atom. The van der Waals surface area contributed by atoms with Crippen LogP contribution in [0.5, 0.6) is 0 Å². The van der Waals surface area contributed by atoms with Crippen molar-refractivity contribution >= 4 is 17.4 Å². The molecule has 1 aromatic rings. The lowest BCUT2D eigenvalue weighted by Crippen LogP contribution is -2.24. The van der Waals surface area contributed by atoms with Crippen molar-refractivity contribution in [2.24, 2.45) is 5.73 Å². The van der Waals surface area contributed by atoms with Crippen LogP contribution in [-0.2, 0) is 9.53 Å². The van der Waals surface area contributed by atoms with E-state index in [2.05, 4.69) is 0 Å². The van der Waals surface area contributed by atoms with Crippen molar-refractivity contribution < 1.29 is 9.53 Å². The van der Waals surface area contributed by atoms with Crippen molar-refractivity contribution in [3.8, 4) is 0 Å². The number of ether oxygens (including phenoxy) is 1. The van der Waals surface area contributed by atoms with Gasteiger partial charge in [0, 0.05) is 5.02 Å². The second-order valence-corrected chi connectivity index (χ2v) is 3.73. The summed E-state index contributed by atoms with van der Waals surface area (Å²) < 4.78 is 4.93. The molecule has 1 aliphatic rings. The minimum absolute atomic E-state index is 0.0121. The molecule has 0 amide bonds. The van der Waals surface area contributed by atoms with Crippen LogP contribution >= 0.6 is 11.6 Å². The fourth-order valence-corrected chi connectivity index (χ4v) is 1.79. The van der Waals surface area contributed by atoms with Gasteiger partial charge in [0.15, 0.2) is 11.7 Å². The Hall–Kier alpha value is -1.48. The van der Waals surface area contributed by atoms with Crippen molar-refractivity contribution in [1.29, 1.82) is 0 Å². The first-order valence-corrected chi connectivity index (χ1v) is 4.93. The molecule has 0 aliphatic carbocycles. The molecule has 1 atom stereocenters. The minimum Gasteiger partial charge on any atom is -0.472 e. The van der Waals surface area contributed by atoms with E-state index in [0.29, 0.717) is 5.02 Å². The van der Waals surface area contributed by atoms with Crippen molar-refractivity contribution in [3.05, 3.63) is 46.8 Å². The Balaban J connectivity index is 2.42. The summed E-state index contributed by atoms with van der Waals surface area (Å²) in [5, 5.41) is 0.571. The van der Waals surface area contributed by atoms with Crippen LogP contribution in [0.25, 0.3) is 0 Å². The molecule has 0 spiro atoms. The number of rotatable bonds is 1. The number of hydrogen-bond donors (Lipinski definition) is 1. The Morgan fingerprint density at radius 3 is 2.87 bits per heavy atom. The van der Waals surface area contributed by atoms with E-state index >= 15 is 0 Å². The number of nitrogens with two attached hydrogens (primary N) is 1. The van der Waals surface area contributed by atoms with Crippen molar-refractivity contribution in [2.75, 3.05) is 6.61 Å². The highest BCUT2D eigenvalue weighted by atomic mass is 35.5. The zero-order chi connectivity index (χ0) is 10.8. The molecule has 4 heteroatoms. The molecular weight excluding hydrogens is 214 g/mol. The quantitative estimate of drug-likeness (QED) is 0.790. The summed E-state index contributed by atoms with van der Waals surface area (Å²) in [6.45, 7) is 0.0121. The molecule has 0 saturated heterocycles. The molecule has 0 bridgehead atoms. The predicted molar refractivity (Wildman–Crippen MR) is 57.4 cm³/mol. The second kappa shape index (κ2) is 3.95. The predicted octanol–water partition coefficient (Wildman–Crippen LogP) is 1.82. The lowest BCUT2D eigenvalue weighted by molar-refractivity contribution is -0.124. The van der Waals surface area contributed by atoms with E-state index in [0.717, 1.165) is 5.56 Å². The summed E-state index contributed by atoms with van der Waals surface area (Å²) in [6, 6.07) is 7.24. The number of halogens is 1. The highest BCUT2D eigenvalue weighted by Crippen LogP contribution is 2.28. The van der Waals surface area contributed by atoms with Gasteiger partial charge < -0.3 is 10.5 Å². The largest absolute Gasteiger partial charge is 0.472 e. The first kappa shape index (κ1) is 10.1. The third-order valence-electron chi connectivity index (χ3n) is 2.30. The van der Waals surface area contributed by atoms with Crippen LogP contribution in [0.3, 0.4) is 0 Å². The van der Waals surface area contributed by atoms with Gasteiger partial charge in [-0.15, -0.1) is 0 Å². The highest BCUT2D eigenvalue weighted by Gasteiger charge is 2.25. The number of Topliss-reactive ketones (excluding diaryl/α,β-unsaturated/α-hetero) is 1. The Kier molecular flexibility index (Phi) is 2.64. The van der Waals surface area contributed by atoms with Gasteiger partial charge in [-0.1, -0.05) is 29.8 Å². The zero-order valence-corrected chi connectivity index (χ0v) is 8.70. The van der Waals surface area contributed by atoms with Crippen molar-refractivity contribution in [3.63, 3.8) is 0 Å². The van der Waals surface area contributed by atoms with Gasteiger partial charge in [0.2, 0.25) is 0 Å². The maximum atomic E-state index is 11.6. The molecule has 2 rings (SSSR count). The third kappa shape index (κ3) is 1.97. The summed E-state index contributed by atoms with van der Waals surface area (Å²) in [7, 11) is 0. The van der Waals surface area contributed by atoms with Crippen LogP contribution in [0.1, 0.15) is 11.5 Å². The van der Waals surface area contributed by atoms with Gasteiger partial charge in [-0.3, -0.25) is 4.79 Å². The lowest BCUT2D eigenvalue weighted by atomic mass is 9.93. The van der Waals surface area contributed by atoms with E-state index in [1.54, 1.807) is 12.1 Å². The van der Waals surface area contributed by atoms with Gasteiger partial charge >= 0.3 is 0 Å². The molecule has 15 heavy (non-hydrogen) atoms. The maximum absolute atomic E-state index is 11.6. The molecule has 0 radical (unpaired) electrons. The van der Waals surface area contributed by atoms with Crippen molar-refractivity contribution in [1.82, 2.24) is 0 Å². The molecule has 1 unspecified atom stereocenters. The molecule has 0 saturated carbocycles. The van der Waals surface area contributed by atoms with E-state index < -0.39 is 0 Å². The average molecular weight is 224 g/mol. The highest BCUT2D eigenvalue weighted by molar-refractivity contribution is 6.31. The van der Waals surface area contributed by atoms with Crippen LogP contribution in [0.2, 0.25) is 5.02 Å². The van der Waals surface area contributed by atoms with E-state index in [9.17, 15) is 4.79 Å². The summed E-state index contributed by atoms with van der Waals surface area (Å²) in [4.78, 5) is 11.6. The smallest absolute Gasteiger partial charge is 0.181 e. The lowest BCUT2D eigenvalue weighted by Gasteiger charge is -2.19. The summed E-state index contributed by atoms with van der Waals surface area (Å²) in [5.74, 6) is -0.135. The Bertz CT molecular complexity index is 428. The van der Waals surface area contributed by atoms with E-state index in [1.165, 1.54) is 0 Å². The number of ketones is 1. The Morgan fingerprint density at radius 1 is 1.40 bits per heavy atom. The molecule has 1 aliphatic heterocycles. The maximum Gasteiger partial charge on any atom is 0.181 e. The number of allylic oxidation sites excluding steroid dienone is 1. The van der Waals surface area contributed by atoms with Gasteiger partial charge in [-0.2, -0.15) is 0 Å². The van der Waals surface area contributed by atoms with Crippen LogP contribution in [0.4, 0.5) is 0 Å². The molecule has 1 aromatic carbocycles. The molecule has 0 aromatic heterocycles. The van der Waals surface area contributed by atoms with Gasteiger partial charge in [0.25, 0.3) is 0 Å². The van der Waals surface area contributed by atoms with E-state index in [4.69, 9.17) is 22.1 Å². The molecule has 1 heterocycles. The number of carbonyl (C=O) groups excluding carboxylic acids is 1. The van der Waals surface area contributed by atoms with Crippen LogP contribution in [-0.4, -0.2) is 12.4 Å². The fraction of sp³-hybridized carbons (Fsp3) is 0.182. The van der Waals surface area contributed by atoms with E-state index in [-0.39, 0.29) is 24.2 Å². The Labute approximate surface area is 92.5 Å². The van der Waals surface area contributed by atoms with Crippen LogP contribution in [0.15, 0.2) is 36.2 Å². The van der Waals surface area contributed by atoms with Gasteiger partial charge in [-0.05, 0) is 17.7 Å². The van der Waals surface area contributed by atoms with Crippen molar-refractivity contribution in [2.45, 2.75) is 5.92 Å². The number of benzene rings is 1. The number of carbonyl (C=O) groups is 1. The average Bonchev–Trinajstić information content (AvgIpc) is 2.23. The monoisotopic (exact) mass is 223 g/mol. The molecule has 78 valence electrons. The SMILES string of the molecule is NC1=CC(c2ccccc2Cl)C(=O)CO1. The van der Waals surface area contributed by atoms with Gasteiger partial charge in [0.05, 0.1) is 5.92 Å². The first-order valence-electron chi connectivity index (χ1n) is 4.55. The van der Waals surface area contributed by atoms with Gasteiger partial charge in [0.1, 0.15) is 6.61 Å². The summed E-state index contributed by atoms with van der Waals surface area (Å²) in [5.41, 5.74) is 6.29.